The number of hydrogen-bond acceptors (Lipinski definition) is 4. The molecule has 0 aliphatic carbocycles. The molecule has 1 aromatic heterocycles. The highest BCUT2D eigenvalue weighted by Crippen LogP contribution is 2.27. The maximum absolute atomic E-state index is 5.94. The van der Waals surface area contributed by atoms with E-state index in [4.69, 9.17) is 10.5 Å². The second-order valence-electron chi connectivity index (χ2n) is 5.93. The van der Waals surface area contributed by atoms with Gasteiger partial charge >= 0.3 is 0 Å². The van der Waals surface area contributed by atoms with Crippen LogP contribution in [0.3, 0.4) is 0 Å². The van der Waals surface area contributed by atoms with Crippen molar-refractivity contribution >= 4 is 11.3 Å². The van der Waals surface area contributed by atoms with E-state index in [2.05, 4.69) is 31.1 Å². The van der Waals surface area contributed by atoms with Crippen molar-refractivity contribution in [2.24, 2.45) is 5.73 Å². The summed E-state index contributed by atoms with van der Waals surface area (Å²) in [7, 11) is 0. The fourth-order valence-corrected chi connectivity index (χ4v) is 2.87. The SMILES string of the molecule is Cc1cccc(CN)c1OCc1nc(C(C)(C)C)cs1. The lowest BCUT2D eigenvalue weighted by Gasteiger charge is -2.14. The number of hydrogen-bond donors (Lipinski definition) is 1. The van der Waals surface area contributed by atoms with Crippen LogP contribution in [0.15, 0.2) is 23.6 Å². The zero-order valence-corrected chi connectivity index (χ0v) is 13.4. The van der Waals surface area contributed by atoms with E-state index in [0.717, 1.165) is 27.6 Å². The number of thiazole rings is 1. The molecule has 0 fully saturated rings. The van der Waals surface area contributed by atoms with Crippen LogP contribution in [-0.2, 0) is 18.6 Å². The minimum Gasteiger partial charge on any atom is -0.486 e. The Hall–Kier alpha value is -1.39. The van der Waals surface area contributed by atoms with Gasteiger partial charge in [0, 0.05) is 22.9 Å². The van der Waals surface area contributed by atoms with E-state index in [9.17, 15) is 0 Å². The molecule has 3 nitrogen and oxygen atoms in total. The number of aryl methyl sites for hydroxylation is 1. The summed E-state index contributed by atoms with van der Waals surface area (Å²) in [5.41, 5.74) is 9.11. The fraction of sp³-hybridized carbons (Fsp3) is 0.438. The van der Waals surface area contributed by atoms with E-state index < -0.39 is 0 Å². The molecule has 0 amide bonds. The van der Waals surface area contributed by atoms with Crippen molar-refractivity contribution in [2.75, 3.05) is 0 Å². The molecule has 0 aliphatic heterocycles. The van der Waals surface area contributed by atoms with Gasteiger partial charge in [0.05, 0.1) is 5.69 Å². The van der Waals surface area contributed by atoms with E-state index in [0.29, 0.717) is 13.2 Å². The van der Waals surface area contributed by atoms with Gasteiger partial charge in [0.15, 0.2) is 0 Å². The summed E-state index contributed by atoms with van der Waals surface area (Å²) >= 11 is 1.65. The Morgan fingerprint density at radius 3 is 2.65 bits per heavy atom. The molecule has 0 aliphatic rings. The summed E-state index contributed by atoms with van der Waals surface area (Å²) in [5.74, 6) is 0.891. The molecule has 0 saturated heterocycles. The molecule has 0 saturated carbocycles. The zero-order valence-electron chi connectivity index (χ0n) is 12.6. The van der Waals surface area contributed by atoms with Crippen molar-refractivity contribution in [3.8, 4) is 5.75 Å². The van der Waals surface area contributed by atoms with E-state index in [1.54, 1.807) is 11.3 Å². The van der Waals surface area contributed by atoms with Crippen LogP contribution in [0.1, 0.15) is 42.6 Å². The molecule has 0 bridgehead atoms. The van der Waals surface area contributed by atoms with Gasteiger partial charge < -0.3 is 10.5 Å². The third-order valence-electron chi connectivity index (χ3n) is 3.17. The quantitative estimate of drug-likeness (QED) is 0.932. The fourth-order valence-electron chi connectivity index (χ4n) is 1.94. The van der Waals surface area contributed by atoms with Crippen LogP contribution < -0.4 is 10.5 Å². The van der Waals surface area contributed by atoms with Gasteiger partial charge in [-0.25, -0.2) is 4.98 Å². The maximum Gasteiger partial charge on any atom is 0.140 e. The lowest BCUT2D eigenvalue weighted by atomic mass is 9.93. The monoisotopic (exact) mass is 290 g/mol. The molecule has 0 atom stereocenters. The lowest BCUT2D eigenvalue weighted by molar-refractivity contribution is 0.299. The van der Waals surface area contributed by atoms with Gasteiger partial charge in [0.25, 0.3) is 0 Å². The number of para-hydroxylation sites is 1. The van der Waals surface area contributed by atoms with Crippen LogP contribution in [-0.4, -0.2) is 4.98 Å². The Balaban J connectivity index is 2.11. The second-order valence-corrected chi connectivity index (χ2v) is 6.88. The Morgan fingerprint density at radius 1 is 1.30 bits per heavy atom. The molecule has 4 heteroatoms. The predicted octanol–water partition coefficient (Wildman–Crippen LogP) is 3.79. The van der Waals surface area contributed by atoms with Crippen LogP contribution in [0.2, 0.25) is 0 Å². The normalized spacial score (nSPS) is 11.7. The molecule has 0 unspecified atom stereocenters. The van der Waals surface area contributed by atoms with Crippen molar-refractivity contribution in [2.45, 2.75) is 46.3 Å². The zero-order chi connectivity index (χ0) is 14.8. The first kappa shape index (κ1) is 15.0. The summed E-state index contributed by atoms with van der Waals surface area (Å²) in [6.45, 7) is 9.53. The van der Waals surface area contributed by atoms with Gasteiger partial charge in [-0.1, -0.05) is 39.0 Å². The standard InChI is InChI=1S/C16H22N2OS/c1-11-6-5-7-12(8-17)15(11)19-9-14-18-13(10-20-14)16(2,3)4/h5-7,10H,8-9,17H2,1-4H3. The summed E-state index contributed by atoms with van der Waals surface area (Å²) in [6.07, 6.45) is 0. The smallest absolute Gasteiger partial charge is 0.140 e. The molecule has 0 radical (unpaired) electrons. The molecule has 1 aromatic carbocycles. The number of ether oxygens (including phenoxy) is 1. The Bertz CT molecular complexity index is 584. The minimum absolute atomic E-state index is 0.0832. The first-order valence-corrected chi connectivity index (χ1v) is 7.66. The van der Waals surface area contributed by atoms with Gasteiger partial charge in [0.1, 0.15) is 17.4 Å². The molecular weight excluding hydrogens is 268 g/mol. The van der Waals surface area contributed by atoms with Gasteiger partial charge in [-0.05, 0) is 12.5 Å². The minimum atomic E-state index is 0.0832. The van der Waals surface area contributed by atoms with Crippen LogP contribution in [0.5, 0.6) is 5.75 Å². The van der Waals surface area contributed by atoms with Gasteiger partial charge in [-0.15, -0.1) is 11.3 Å². The largest absolute Gasteiger partial charge is 0.486 e. The predicted molar refractivity (Wildman–Crippen MR) is 84.2 cm³/mol. The third kappa shape index (κ3) is 3.38. The van der Waals surface area contributed by atoms with Crippen LogP contribution in [0, 0.1) is 6.92 Å². The van der Waals surface area contributed by atoms with Crippen LogP contribution in [0.25, 0.3) is 0 Å². The summed E-state index contributed by atoms with van der Waals surface area (Å²) in [5, 5.41) is 3.11. The summed E-state index contributed by atoms with van der Waals surface area (Å²) in [6, 6.07) is 6.05. The molecule has 2 rings (SSSR count). The van der Waals surface area contributed by atoms with Crippen molar-refractivity contribution in [3.63, 3.8) is 0 Å². The first-order chi connectivity index (χ1) is 9.41. The number of nitrogens with zero attached hydrogens (tertiary/aromatic N) is 1. The molecule has 0 spiro atoms. The third-order valence-corrected chi connectivity index (χ3v) is 4.00. The Morgan fingerprint density at radius 2 is 2.05 bits per heavy atom. The van der Waals surface area contributed by atoms with Crippen LogP contribution >= 0.6 is 11.3 Å². The van der Waals surface area contributed by atoms with Crippen LogP contribution in [0.4, 0.5) is 0 Å². The summed E-state index contributed by atoms with van der Waals surface area (Å²) in [4.78, 5) is 4.64. The molecule has 1 heterocycles. The van der Waals surface area contributed by atoms with Crippen molar-refractivity contribution in [1.29, 1.82) is 0 Å². The van der Waals surface area contributed by atoms with Crippen molar-refractivity contribution in [1.82, 2.24) is 4.98 Å². The first-order valence-electron chi connectivity index (χ1n) is 6.78. The molecule has 20 heavy (non-hydrogen) atoms. The molecule has 2 aromatic rings. The van der Waals surface area contributed by atoms with Crippen molar-refractivity contribution < 1.29 is 4.74 Å². The lowest BCUT2D eigenvalue weighted by Crippen LogP contribution is -2.11. The molecule has 108 valence electrons. The molecular formula is C16H22N2OS. The number of nitrogens with two attached hydrogens (primary N) is 1. The number of aromatic nitrogens is 1. The average Bonchev–Trinajstić information content (AvgIpc) is 2.85. The van der Waals surface area contributed by atoms with E-state index >= 15 is 0 Å². The number of rotatable bonds is 4. The maximum atomic E-state index is 5.94. The number of benzene rings is 1. The topological polar surface area (TPSA) is 48.1 Å². The Kier molecular flexibility index (Phi) is 4.45. The highest BCUT2D eigenvalue weighted by Gasteiger charge is 2.17. The van der Waals surface area contributed by atoms with Crippen molar-refractivity contribution in [3.05, 3.63) is 45.4 Å². The van der Waals surface area contributed by atoms with Gasteiger partial charge in [-0.3, -0.25) is 0 Å². The Labute approximate surface area is 124 Å². The highest BCUT2D eigenvalue weighted by atomic mass is 32.1. The van der Waals surface area contributed by atoms with E-state index in [1.807, 2.05) is 25.1 Å². The average molecular weight is 290 g/mol. The van der Waals surface area contributed by atoms with Gasteiger partial charge in [0.2, 0.25) is 0 Å². The van der Waals surface area contributed by atoms with Gasteiger partial charge in [-0.2, -0.15) is 0 Å². The summed E-state index contributed by atoms with van der Waals surface area (Å²) < 4.78 is 5.94. The highest BCUT2D eigenvalue weighted by molar-refractivity contribution is 7.09. The molecule has 2 N–H and O–H groups in total. The van der Waals surface area contributed by atoms with E-state index in [1.165, 1.54) is 0 Å². The second kappa shape index (κ2) is 5.94. The van der Waals surface area contributed by atoms with E-state index in [-0.39, 0.29) is 5.41 Å².